The maximum absolute atomic E-state index is 6.04. The van der Waals surface area contributed by atoms with Crippen LogP contribution in [-0.2, 0) is 6.67 Å². The maximum Gasteiger partial charge on any atom is 0.133 e. The van der Waals surface area contributed by atoms with Gasteiger partial charge in [-0.2, -0.15) is 10.2 Å². The molecule has 0 aliphatic carbocycles. The van der Waals surface area contributed by atoms with E-state index in [1.807, 2.05) is 10.9 Å². The third-order valence-corrected chi connectivity index (χ3v) is 4.85. The van der Waals surface area contributed by atoms with Crippen molar-refractivity contribution < 1.29 is 0 Å². The molecule has 2 aromatic heterocycles. The summed E-state index contributed by atoms with van der Waals surface area (Å²) in [4.78, 5) is 0. The van der Waals surface area contributed by atoms with Crippen LogP contribution in [0.1, 0.15) is 16.7 Å². The van der Waals surface area contributed by atoms with Crippen molar-refractivity contribution in [3.63, 3.8) is 0 Å². The van der Waals surface area contributed by atoms with Crippen LogP contribution in [-0.4, -0.2) is 19.6 Å². The molecule has 0 aliphatic rings. The standard InChI is InChI=1S/C22H21ClN4/c1-15-6-4-8-18(10-15)21-17(3)22(19-9-5-7-16(2)11-19)27(25-21)14-26-13-20(23)12-24-26/h4-13H,14H2,1-3H3. The Morgan fingerprint density at radius 2 is 1.59 bits per heavy atom. The van der Waals surface area contributed by atoms with Gasteiger partial charge >= 0.3 is 0 Å². The van der Waals surface area contributed by atoms with E-state index in [2.05, 4.69) is 74.4 Å². The highest BCUT2D eigenvalue weighted by Gasteiger charge is 2.18. The summed E-state index contributed by atoms with van der Waals surface area (Å²) < 4.78 is 3.80. The van der Waals surface area contributed by atoms with Gasteiger partial charge in [0, 0.05) is 22.9 Å². The minimum Gasteiger partial charge on any atom is -0.250 e. The van der Waals surface area contributed by atoms with Gasteiger partial charge in [-0.05, 0) is 32.9 Å². The summed E-state index contributed by atoms with van der Waals surface area (Å²) in [5, 5.41) is 9.88. The van der Waals surface area contributed by atoms with Gasteiger partial charge in [0.2, 0.25) is 0 Å². The molecule has 27 heavy (non-hydrogen) atoms. The first-order valence-corrected chi connectivity index (χ1v) is 9.28. The second kappa shape index (κ2) is 7.05. The molecule has 4 rings (SSSR count). The van der Waals surface area contributed by atoms with E-state index in [4.69, 9.17) is 16.7 Å². The molecule has 0 aliphatic heterocycles. The number of rotatable bonds is 4. The molecule has 0 bridgehead atoms. The Morgan fingerprint density at radius 1 is 0.926 bits per heavy atom. The number of nitrogens with zero attached hydrogens (tertiary/aromatic N) is 4. The molecule has 2 heterocycles. The fraction of sp³-hybridized carbons (Fsp3) is 0.182. The molecule has 0 atom stereocenters. The summed E-state index contributed by atoms with van der Waals surface area (Å²) in [6.45, 7) is 6.84. The van der Waals surface area contributed by atoms with Crippen LogP contribution >= 0.6 is 11.6 Å². The zero-order valence-corrected chi connectivity index (χ0v) is 16.4. The van der Waals surface area contributed by atoms with Crippen molar-refractivity contribution in [3.8, 4) is 22.5 Å². The molecular weight excluding hydrogens is 356 g/mol. The normalized spacial score (nSPS) is 11.1. The smallest absolute Gasteiger partial charge is 0.133 e. The Morgan fingerprint density at radius 3 is 2.22 bits per heavy atom. The largest absolute Gasteiger partial charge is 0.250 e. The highest BCUT2D eigenvalue weighted by atomic mass is 35.5. The van der Waals surface area contributed by atoms with Crippen molar-refractivity contribution in [1.82, 2.24) is 19.6 Å². The highest BCUT2D eigenvalue weighted by Crippen LogP contribution is 2.32. The fourth-order valence-electron chi connectivity index (χ4n) is 3.43. The number of hydrogen-bond acceptors (Lipinski definition) is 2. The molecule has 136 valence electrons. The van der Waals surface area contributed by atoms with Crippen molar-refractivity contribution in [2.75, 3.05) is 0 Å². The third kappa shape index (κ3) is 3.53. The Balaban J connectivity index is 1.88. The quantitative estimate of drug-likeness (QED) is 0.471. The highest BCUT2D eigenvalue weighted by molar-refractivity contribution is 6.30. The van der Waals surface area contributed by atoms with Gasteiger partial charge in [-0.3, -0.25) is 0 Å². The first-order chi connectivity index (χ1) is 13.0. The maximum atomic E-state index is 6.04. The average molecular weight is 377 g/mol. The monoisotopic (exact) mass is 376 g/mol. The first-order valence-electron chi connectivity index (χ1n) is 8.91. The van der Waals surface area contributed by atoms with Crippen LogP contribution in [0.2, 0.25) is 5.02 Å². The lowest BCUT2D eigenvalue weighted by atomic mass is 10.0. The fourth-order valence-corrected chi connectivity index (χ4v) is 3.59. The average Bonchev–Trinajstić information content (AvgIpc) is 3.18. The molecule has 0 spiro atoms. The van der Waals surface area contributed by atoms with E-state index in [0.29, 0.717) is 11.7 Å². The summed E-state index contributed by atoms with van der Waals surface area (Å²) in [5.41, 5.74) is 7.96. The topological polar surface area (TPSA) is 35.6 Å². The van der Waals surface area contributed by atoms with E-state index in [0.717, 1.165) is 28.1 Å². The molecule has 0 N–H and O–H groups in total. The third-order valence-electron chi connectivity index (χ3n) is 4.65. The minimum absolute atomic E-state index is 0.503. The second-order valence-corrected chi connectivity index (χ2v) is 7.34. The van der Waals surface area contributed by atoms with Gasteiger partial charge in [0.05, 0.1) is 22.6 Å². The predicted molar refractivity (Wildman–Crippen MR) is 110 cm³/mol. The second-order valence-electron chi connectivity index (χ2n) is 6.90. The van der Waals surface area contributed by atoms with Crippen molar-refractivity contribution in [2.24, 2.45) is 0 Å². The van der Waals surface area contributed by atoms with Crippen LogP contribution in [0, 0.1) is 20.8 Å². The van der Waals surface area contributed by atoms with Gasteiger partial charge in [-0.15, -0.1) is 0 Å². The lowest BCUT2D eigenvalue weighted by molar-refractivity contribution is 0.508. The van der Waals surface area contributed by atoms with Gasteiger partial charge in [0.25, 0.3) is 0 Å². The van der Waals surface area contributed by atoms with Crippen LogP contribution in [0.15, 0.2) is 60.9 Å². The van der Waals surface area contributed by atoms with Crippen LogP contribution in [0.5, 0.6) is 0 Å². The van der Waals surface area contributed by atoms with E-state index < -0.39 is 0 Å². The zero-order valence-electron chi connectivity index (χ0n) is 15.6. The number of aryl methyl sites for hydroxylation is 2. The van der Waals surface area contributed by atoms with Gasteiger partial charge < -0.3 is 0 Å². The Kier molecular flexibility index (Phi) is 4.58. The van der Waals surface area contributed by atoms with Gasteiger partial charge in [-0.1, -0.05) is 59.1 Å². The van der Waals surface area contributed by atoms with Crippen LogP contribution in [0.4, 0.5) is 0 Å². The summed E-state index contributed by atoms with van der Waals surface area (Å²) >= 11 is 6.04. The molecule has 4 aromatic rings. The van der Waals surface area contributed by atoms with E-state index >= 15 is 0 Å². The lowest BCUT2D eigenvalue weighted by Crippen LogP contribution is -2.11. The first kappa shape index (κ1) is 17.6. The summed E-state index contributed by atoms with van der Waals surface area (Å²) in [6, 6.07) is 17.0. The Labute approximate surface area is 164 Å². The van der Waals surface area contributed by atoms with Crippen molar-refractivity contribution in [2.45, 2.75) is 27.4 Å². The minimum atomic E-state index is 0.503. The van der Waals surface area contributed by atoms with Crippen molar-refractivity contribution in [1.29, 1.82) is 0 Å². The molecule has 0 saturated carbocycles. The molecule has 0 amide bonds. The summed E-state index contributed by atoms with van der Waals surface area (Å²) in [5.74, 6) is 0. The molecule has 2 aromatic carbocycles. The number of aromatic nitrogens is 4. The van der Waals surface area contributed by atoms with E-state index in [1.165, 1.54) is 11.1 Å². The van der Waals surface area contributed by atoms with Gasteiger partial charge in [0.1, 0.15) is 6.67 Å². The molecule has 0 radical (unpaired) electrons. The zero-order chi connectivity index (χ0) is 19.0. The molecule has 0 saturated heterocycles. The van der Waals surface area contributed by atoms with Crippen LogP contribution < -0.4 is 0 Å². The predicted octanol–water partition coefficient (Wildman–Crippen LogP) is 5.50. The molecule has 0 fully saturated rings. The molecule has 5 heteroatoms. The molecule has 4 nitrogen and oxygen atoms in total. The van der Waals surface area contributed by atoms with E-state index in [-0.39, 0.29) is 0 Å². The van der Waals surface area contributed by atoms with Crippen LogP contribution in [0.25, 0.3) is 22.5 Å². The van der Waals surface area contributed by atoms with Crippen molar-refractivity contribution in [3.05, 3.63) is 82.6 Å². The van der Waals surface area contributed by atoms with E-state index in [1.54, 1.807) is 10.9 Å². The number of hydrogen-bond donors (Lipinski definition) is 0. The van der Waals surface area contributed by atoms with Crippen LogP contribution in [0.3, 0.4) is 0 Å². The summed E-state index contributed by atoms with van der Waals surface area (Å²) in [7, 11) is 0. The van der Waals surface area contributed by atoms with Gasteiger partial charge in [-0.25, -0.2) is 9.36 Å². The molecular formula is C22H21ClN4. The number of benzene rings is 2. The van der Waals surface area contributed by atoms with E-state index in [9.17, 15) is 0 Å². The van der Waals surface area contributed by atoms with Gasteiger partial charge in [0.15, 0.2) is 0 Å². The SMILES string of the molecule is Cc1cccc(-c2nn(Cn3cc(Cl)cn3)c(-c3cccc(C)c3)c2C)c1. The lowest BCUT2D eigenvalue weighted by Gasteiger charge is -2.09. The Hall–Kier alpha value is -2.85. The number of halogens is 1. The molecule has 0 unspecified atom stereocenters. The Bertz CT molecular complexity index is 1110. The van der Waals surface area contributed by atoms with Crippen molar-refractivity contribution >= 4 is 11.6 Å². The summed E-state index contributed by atoms with van der Waals surface area (Å²) in [6.07, 6.45) is 3.46.